The molecule has 0 spiro atoms. The molecule has 0 aliphatic heterocycles. The summed E-state index contributed by atoms with van der Waals surface area (Å²) in [5, 5.41) is 10.2. The number of aliphatic hydroxyl groups is 1. The summed E-state index contributed by atoms with van der Waals surface area (Å²) in [6, 6.07) is 9.05. The third kappa shape index (κ3) is 2.19. The lowest BCUT2D eigenvalue weighted by molar-refractivity contribution is 0.277. The topological polar surface area (TPSA) is 33.1 Å². The van der Waals surface area contributed by atoms with E-state index in [-0.39, 0.29) is 6.61 Å². The van der Waals surface area contributed by atoms with E-state index in [1.54, 1.807) is 18.3 Å². The first-order valence-electron chi connectivity index (χ1n) is 4.72. The van der Waals surface area contributed by atoms with Crippen LogP contribution in [0.4, 0.5) is 0 Å². The smallest absolute Gasteiger partial charge is 0.0859 e. The van der Waals surface area contributed by atoms with Crippen molar-refractivity contribution in [3.8, 4) is 11.1 Å². The molecule has 0 unspecified atom stereocenters. The monoisotopic (exact) mass is 253 g/mol. The quantitative estimate of drug-likeness (QED) is 0.888. The van der Waals surface area contributed by atoms with Crippen LogP contribution < -0.4 is 0 Å². The van der Waals surface area contributed by atoms with Gasteiger partial charge >= 0.3 is 0 Å². The van der Waals surface area contributed by atoms with Crippen LogP contribution in [0, 0.1) is 0 Å². The fourth-order valence-corrected chi connectivity index (χ4v) is 1.79. The fourth-order valence-electron chi connectivity index (χ4n) is 1.49. The van der Waals surface area contributed by atoms with Gasteiger partial charge in [0.05, 0.1) is 22.3 Å². The van der Waals surface area contributed by atoms with Gasteiger partial charge in [0.25, 0.3) is 0 Å². The Bertz CT molecular complexity index is 514. The van der Waals surface area contributed by atoms with Gasteiger partial charge in [-0.2, -0.15) is 0 Å². The maximum absolute atomic E-state index is 9.18. The van der Waals surface area contributed by atoms with E-state index in [1.165, 1.54) is 0 Å². The molecule has 0 aliphatic carbocycles. The standard InChI is InChI=1S/C12H9Cl2NO/c13-10-4-3-8(6-11(10)14)9-2-1-5-15-12(9)7-16/h1-6,16H,7H2. The van der Waals surface area contributed by atoms with Gasteiger partial charge in [-0.25, -0.2) is 0 Å². The predicted octanol–water partition coefficient (Wildman–Crippen LogP) is 3.55. The molecule has 4 heteroatoms. The van der Waals surface area contributed by atoms with Crippen molar-refractivity contribution in [3.05, 3.63) is 52.3 Å². The van der Waals surface area contributed by atoms with Crippen molar-refractivity contribution in [2.45, 2.75) is 6.61 Å². The van der Waals surface area contributed by atoms with E-state index in [4.69, 9.17) is 23.2 Å². The van der Waals surface area contributed by atoms with Crippen LogP contribution in [0.1, 0.15) is 5.69 Å². The first kappa shape index (κ1) is 11.4. The summed E-state index contributed by atoms with van der Waals surface area (Å²) >= 11 is 11.8. The minimum atomic E-state index is -0.101. The Morgan fingerprint density at radius 1 is 1.12 bits per heavy atom. The zero-order valence-electron chi connectivity index (χ0n) is 8.32. The Labute approximate surface area is 103 Å². The van der Waals surface area contributed by atoms with Crippen LogP contribution in [-0.4, -0.2) is 10.1 Å². The Kier molecular flexibility index (Phi) is 3.44. The number of pyridine rings is 1. The molecule has 1 heterocycles. The van der Waals surface area contributed by atoms with Gasteiger partial charge < -0.3 is 5.11 Å². The molecule has 0 saturated heterocycles. The second-order valence-corrected chi connectivity index (χ2v) is 4.10. The van der Waals surface area contributed by atoms with E-state index < -0.39 is 0 Å². The zero-order chi connectivity index (χ0) is 11.5. The van der Waals surface area contributed by atoms with Crippen LogP contribution in [0.5, 0.6) is 0 Å². The molecule has 16 heavy (non-hydrogen) atoms. The molecule has 1 aromatic heterocycles. The highest BCUT2D eigenvalue weighted by Gasteiger charge is 2.06. The van der Waals surface area contributed by atoms with E-state index in [0.29, 0.717) is 15.7 Å². The minimum absolute atomic E-state index is 0.101. The molecule has 0 amide bonds. The Hall–Kier alpha value is -1.09. The summed E-state index contributed by atoms with van der Waals surface area (Å²) in [6.45, 7) is -0.101. The largest absolute Gasteiger partial charge is 0.390 e. The van der Waals surface area contributed by atoms with Crippen molar-refractivity contribution < 1.29 is 5.11 Å². The second-order valence-electron chi connectivity index (χ2n) is 3.28. The number of hydrogen-bond acceptors (Lipinski definition) is 2. The Balaban J connectivity index is 2.54. The van der Waals surface area contributed by atoms with Crippen LogP contribution >= 0.6 is 23.2 Å². The molecule has 0 saturated carbocycles. The molecule has 0 bridgehead atoms. The minimum Gasteiger partial charge on any atom is -0.390 e. The average molecular weight is 254 g/mol. The van der Waals surface area contributed by atoms with Gasteiger partial charge in [0.2, 0.25) is 0 Å². The number of rotatable bonds is 2. The van der Waals surface area contributed by atoms with Gasteiger partial charge in [-0.15, -0.1) is 0 Å². The van der Waals surface area contributed by atoms with Crippen molar-refractivity contribution in [1.82, 2.24) is 4.98 Å². The molecule has 82 valence electrons. The first-order valence-corrected chi connectivity index (χ1v) is 5.48. The average Bonchev–Trinajstić information content (AvgIpc) is 2.32. The molecule has 0 atom stereocenters. The zero-order valence-corrected chi connectivity index (χ0v) is 9.83. The van der Waals surface area contributed by atoms with Crippen LogP contribution in [-0.2, 0) is 6.61 Å². The molecule has 1 N–H and O–H groups in total. The first-order chi connectivity index (χ1) is 7.72. The number of aliphatic hydroxyl groups excluding tert-OH is 1. The summed E-state index contributed by atoms with van der Waals surface area (Å²) in [7, 11) is 0. The van der Waals surface area contributed by atoms with Crippen molar-refractivity contribution in [2.75, 3.05) is 0 Å². The van der Waals surface area contributed by atoms with E-state index >= 15 is 0 Å². The van der Waals surface area contributed by atoms with E-state index in [1.807, 2.05) is 18.2 Å². The number of halogens is 2. The van der Waals surface area contributed by atoms with Gasteiger partial charge in [0, 0.05) is 11.8 Å². The molecule has 2 nitrogen and oxygen atoms in total. The second kappa shape index (κ2) is 4.83. The van der Waals surface area contributed by atoms with Gasteiger partial charge in [0.1, 0.15) is 0 Å². The lowest BCUT2D eigenvalue weighted by Gasteiger charge is -2.07. The lowest BCUT2D eigenvalue weighted by Crippen LogP contribution is -1.92. The molecule has 0 aliphatic rings. The fraction of sp³-hybridized carbons (Fsp3) is 0.0833. The van der Waals surface area contributed by atoms with E-state index in [2.05, 4.69) is 4.98 Å². The maximum Gasteiger partial charge on any atom is 0.0859 e. The summed E-state index contributed by atoms with van der Waals surface area (Å²) in [4.78, 5) is 4.10. The number of nitrogens with zero attached hydrogens (tertiary/aromatic N) is 1. The van der Waals surface area contributed by atoms with Crippen molar-refractivity contribution in [2.24, 2.45) is 0 Å². The molecule has 2 aromatic rings. The SMILES string of the molecule is OCc1ncccc1-c1ccc(Cl)c(Cl)c1. The highest BCUT2D eigenvalue weighted by atomic mass is 35.5. The molecular formula is C12H9Cl2NO. The number of aromatic nitrogens is 1. The summed E-state index contributed by atoms with van der Waals surface area (Å²) < 4.78 is 0. The highest BCUT2D eigenvalue weighted by Crippen LogP contribution is 2.29. The van der Waals surface area contributed by atoms with Crippen LogP contribution in [0.3, 0.4) is 0 Å². The van der Waals surface area contributed by atoms with Gasteiger partial charge in [-0.05, 0) is 23.8 Å². The van der Waals surface area contributed by atoms with Crippen LogP contribution in [0.25, 0.3) is 11.1 Å². The third-order valence-electron chi connectivity index (χ3n) is 2.27. The Morgan fingerprint density at radius 2 is 1.94 bits per heavy atom. The molecule has 0 fully saturated rings. The third-order valence-corrected chi connectivity index (χ3v) is 3.01. The number of hydrogen-bond donors (Lipinski definition) is 1. The number of benzene rings is 1. The lowest BCUT2D eigenvalue weighted by atomic mass is 10.0. The van der Waals surface area contributed by atoms with Gasteiger partial charge in [-0.3, -0.25) is 4.98 Å². The van der Waals surface area contributed by atoms with Gasteiger partial charge in [0.15, 0.2) is 0 Å². The normalized spacial score (nSPS) is 10.4. The maximum atomic E-state index is 9.18. The van der Waals surface area contributed by atoms with E-state index in [9.17, 15) is 5.11 Å². The molecule has 0 radical (unpaired) electrons. The van der Waals surface area contributed by atoms with E-state index in [0.717, 1.165) is 11.1 Å². The van der Waals surface area contributed by atoms with Crippen LogP contribution in [0.2, 0.25) is 10.0 Å². The predicted molar refractivity (Wildman–Crippen MR) is 65.6 cm³/mol. The Morgan fingerprint density at radius 3 is 2.62 bits per heavy atom. The summed E-state index contributed by atoms with van der Waals surface area (Å²) in [5.41, 5.74) is 2.39. The van der Waals surface area contributed by atoms with Crippen LogP contribution in [0.15, 0.2) is 36.5 Å². The molecule has 1 aromatic carbocycles. The van der Waals surface area contributed by atoms with Gasteiger partial charge in [-0.1, -0.05) is 35.3 Å². The van der Waals surface area contributed by atoms with Crippen molar-refractivity contribution >= 4 is 23.2 Å². The summed E-state index contributed by atoms with van der Waals surface area (Å²) in [6.07, 6.45) is 1.65. The summed E-state index contributed by atoms with van der Waals surface area (Å²) in [5.74, 6) is 0. The van der Waals surface area contributed by atoms with Crippen molar-refractivity contribution in [1.29, 1.82) is 0 Å². The molecule has 2 rings (SSSR count). The van der Waals surface area contributed by atoms with Crippen molar-refractivity contribution in [3.63, 3.8) is 0 Å². The highest BCUT2D eigenvalue weighted by molar-refractivity contribution is 6.42. The molecular weight excluding hydrogens is 245 g/mol.